The molecular formula is C21H42NO7P. The molecule has 1 atom stereocenters. The van der Waals surface area contributed by atoms with Crippen LogP contribution in [-0.4, -0.2) is 50.9 Å². The first-order valence-electron chi connectivity index (χ1n) is 11.4. The highest BCUT2D eigenvalue weighted by Gasteiger charge is 2.30. The van der Waals surface area contributed by atoms with Gasteiger partial charge >= 0.3 is 13.8 Å². The van der Waals surface area contributed by atoms with Crippen LogP contribution >= 0.6 is 7.82 Å². The molecule has 8 nitrogen and oxygen atoms in total. The van der Waals surface area contributed by atoms with Gasteiger partial charge in [0.1, 0.15) is 0 Å². The molecule has 0 aromatic heterocycles. The van der Waals surface area contributed by atoms with Crippen molar-refractivity contribution in [2.45, 2.75) is 110 Å². The number of hydrogen-bond acceptors (Lipinski definition) is 4. The summed E-state index contributed by atoms with van der Waals surface area (Å²) < 4.78 is 15.1. The van der Waals surface area contributed by atoms with Gasteiger partial charge in [-0.05, 0) is 6.42 Å². The predicted octanol–water partition coefficient (Wildman–Crippen LogP) is 4.88. The zero-order valence-electron chi connectivity index (χ0n) is 18.8. The van der Waals surface area contributed by atoms with Gasteiger partial charge in [0.2, 0.25) is 5.91 Å². The molecule has 0 rings (SSSR count). The second kappa shape index (κ2) is 17.7. The summed E-state index contributed by atoms with van der Waals surface area (Å²) >= 11 is 0. The fraction of sp³-hybridized carbons (Fsp3) is 0.905. The van der Waals surface area contributed by atoms with Crippen molar-refractivity contribution in [1.29, 1.82) is 0 Å². The molecule has 0 unspecified atom stereocenters. The lowest BCUT2D eigenvalue weighted by Gasteiger charge is -2.27. The topological polar surface area (TPSA) is 124 Å². The van der Waals surface area contributed by atoms with E-state index in [1.54, 1.807) is 0 Å². The number of carbonyl (C=O) groups is 2. The molecule has 30 heavy (non-hydrogen) atoms. The fourth-order valence-electron chi connectivity index (χ4n) is 3.47. The summed E-state index contributed by atoms with van der Waals surface area (Å²) in [4.78, 5) is 41.8. The minimum atomic E-state index is -4.79. The van der Waals surface area contributed by atoms with E-state index in [9.17, 15) is 19.3 Å². The zero-order valence-corrected chi connectivity index (χ0v) is 19.7. The smallest absolute Gasteiger partial charge is 0.469 e. The number of carboxylic acid groups (broad SMARTS) is 1. The van der Waals surface area contributed by atoms with Crippen LogP contribution in [0.5, 0.6) is 0 Å². The molecule has 0 bridgehead atoms. The van der Waals surface area contributed by atoms with Crippen LogP contribution in [0.2, 0.25) is 0 Å². The second-order valence-corrected chi connectivity index (χ2v) is 9.19. The zero-order chi connectivity index (χ0) is 22.8. The maximum Gasteiger partial charge on any atom is 0.469 e. The molecule has 0 spiro atoms. The summed E-state index contributed by atoms with van der Waals surface area (Å²) in [7, 11) is -4.79. The van der Waals surface area contributed by atoms with Crippen LogP contribution in [0.4, 0.5) is 0 Å². The van der Waals surface area contributed by atoms with Gasteiger partial charge in [-0.15, -0.1) is 0 Å². The van der Waals surface area contributed by atoms with Crippen molar-refractivity contribution in [2.24, 2.45) is 0 Å². The minimum Gasteiger partial charge on any atom is -0.480 e. The standard InChI is InChI=1S/C21H42NO7P/c1-3-4-5-6-7-8-9-10-11-12-13-14-15-16-17-22(19(2)23)20(21(24)25)18-29-30(26,27)28/h20H,3-18H2,1-2H3,(H,24,25)(H2,26,27,28)/t20-/m0/s1. The van der Waals surface area contributed by atoms with E-state index in [1.165, 1.54) is 71.1 Å². The Kier molecular flexibility index (Phi) is 17.1. The molecule has 0 radical (unpaired) electrons. The number of rotatable bonds is 20. The molecule has 0 heterocycles. The Hall–Kier alpha value is -0.950. The number of nitrogens with zero attached hydrogens (tertiary/aromatic N) is 1. The summed E-state index contributed by atoms with van der Waals surface area (Å²) in [5.74, 6) is -1.80. The third-order valence-electron chi connectivity index (χ3n) is 5.22. The van der Waals surface area contributed by atoms with E-state index in [-0.39, 0.29) is 6.54 Å². The highest BCUT2D eigenvalue weighted by molar-refractivity contribution is 7.46. The minimum absolute atomic E-state index is 0.231. The molecule has 0 aromatic rings. The Morgan fingerprint density at radius 1 is 0.833 bits per heavy atom. The average molecular weight is 452 g/mol. The van der Waals surface area contributed by atoms with E-state index in [4.69, 9.17) is 9.79 Å². The quantitative estimate of drug-likeness (QED) is 0.178. The molecular weight excluding hydrogens is 409 g/mol. The molecule has 0 fully saturated rings. The van der Waals surface area contributed by atoms with E-state index in [0.29, 0.717) is 6.42 Å². The Bertz CT molecular complexity index is 510. The number of phosphoric acid groups is 1. The molecule has 0 aliphatic carbocycles. The normalized spacial score (nSPS) is 12.7. The fourth-order valence-corrected chi connectivity index (χ4v) is 3.81. The number of phosphoric ester groups is 1. The SMILES string of the molecule is CCCCCCCCCCCCCCCCN(C(C)=O)[C@@H](COP(=O)(O)O)C(=O)O. The lowest BCUT2D eigenvalue weighted by atomic mass is 10.0. The van der Waals surface area contributed by atoms with Crippen LogP contribution in [0, 0.1) is 0 Å². The molecule has 3 N–H and O–H groups in total. The van der Waals surface area contributed by atoms with E-state index in [0.717, 1.165) is 24.2 Å². The molecule has 0 aromatic carbocycles. The number of carboxylic acids is 1. The van der Waals surface area contributed by atoms with Crippen LogP contribution in [0.25, 0.3) is 0 Å². The lowest BCUT2D eigenvalue weighted by Crippen LogP contribution is -2.47. The highest BCUT2D eigenvalue weighted by Crippen LogP contribution is 2.36. The lowest BCUT2D eigenvalue weighted by molar-refractivity contribution is -0.151. The van der Waals surface area contributed by atoms with Crippen molar-refractivity contribution in [2.75, 3.05) is 13.2 Å². The molecule has 178 valence electrons. The first-order chi connectivity index (χ1) is 14.2. The van der Waals surface area contributed by atoms with Crippen LogP contribution in [0.1, 0.15) is 104 Å². The first kappa shape index (κ1) is 29.1. The van der Waals surface area contributed by atoms with Crippen molar-refractivity contribution in [1.82, 2.24) is 4.90 Å². The Labute approximate surface area is 181 Å². The Balaban J connectivity index is 3.89. The number of aliphatic carboxylic acids is 1. The number of amides is 1. The molecule has 0 aliphatic heterocycles. The van der Waals surface area contributed by atoms with Crippen molar-refractivity contribution >= 4 is 19.7 Å². The summed E-state index contributed by atoms with van der Waals surface area (Å²) in [6.45, 7) is 2.97. The van der Waals surface area contributed by atoms with Crippen molar-refractivity contribution in [3.63, 3.8) is 0 Å². The van der Waals surface area contributed by atoms with Gasteiger partial charge in [0, 0.05) is 13.5 Å². The molecule has 1 amide bonds. The summed E-state index contributed by atoms with van der Waals surface area (Å²) in [6.07, 6.45) is 16.8. The van der Waals surface area contributed by atoms with E-state index in [2.05, 4.69) is 11.4 Å². The monoisotopic (exact) mass is 451 g/mol. The summed E-state index contributed by atoms with van der Waals surface area (Å²) in [5.41, 5.74) is 0. The van der Waals surface area contributed by atoms with Crippen molar-refractivity contribution in [3.8, 4) is 0 Å². The third kappa shape index (κ3) is 16.8. The van der Waals surface area contributed by atoms with Gasteiger partial charge in [-0.25, -0.2) is 9.36 Å². The maximum absolute atomic E-state index is 11.8. The Morgan fingerprint density at radius 3 is 1.57 bits per heavy atom. The van der Waals surface area contributed by atoms with Gasteiger partial charge in [-0.1, -0.05) is 90.4 Å². The largest absolute Gasteiger partial charge is 0.480 e. The van der Waals surface area contributed by atoms with Gasteiger partial charge in [0.15, 0.2) is 6.04 Å². The number of unbranched alkanes of at least 4 members (excludes halogenated alkanes) is 13. The van der Waals surface area contributed by atoms with Crippen LogP contribution in [0.15, 0.2) is 0 Å². The van der Waals surface area contributed by atoms with Gasteiger partial charge in [0.05, 0.1) is 6.61 Å². The van der Waals surface area contributed by atoms with Crippen LogP contribution < -0.4 is 0 Å². The van der Waals surface area contributed by atoms with E-state index < -0.39 is 32.3 Å². The summed E-state index contributed by atoms with van der Waals surface area (Å²) in [5, 5.41) is 9.28. The summed E-state index contributed by atoms with van der Waals surface area (Å²) in [6, 6.07) is -1.41. The van der Waals surface area contributed by atoms with Gasteiger partial charge < -0.3 is 19.8 Å². The third-order valence-corrected chi connectivity index (χ3v) is 5.70. The van der Waals surface area contributed by atoms with Crippen molar-refractivity contribution < 1.29 is 33.6 Å². The van der Waals surface area contributed by atoms with Crippen LogP contribution in [0.3, 0.4) is 0 Å². The van der Waals surface area contributed by atoms with Crippen molar-refractivity contribution in [3.05, 3.63) is 0 Å². The first-order valence-corrected chi connectivity index (χ1v) is 12.9. The van der Waals surface area contributed by atoms with Gasteiger partial charge in [-0.2, -0.15) is 0 Å². The maximum atomic E-state index is 11.8. The Morgan fingerprint density at radius 2 is 1.23 bits per heavy atom. The molecule has 9 heteroatoms. The van der Waals surface area contributed by atoms with E-state index in [1.807, 2.05) is 0 Å². The predicted molar refractivity (Wildman–Crippen MR) is 117 cm³/mol. The van der Waals surface area contributed by atoms with E-state index >= 15 is 0 Å². The highest BCUT2D eigenvalue weighted by atomic mass is 31.2. The molecule has 0 saturated carbocycles. The number of hydrogen-bond donors (Lipinski definition) is 3. The second-order valence-electron chi connectivity index (χ2n) is 7.95. The number of carbonyl (C=O) groups excluding carboxylic acids is 1. The van der Waals surface area contributed by atoms with Gasteiger partial charge in [0.25, 0.3) is 0 Å². The van der Waals surface area contributed by atoms with Gasteiger partial charge in [-0.3, -0.25) is 9.32 Å². The molecule has 0 aliphatic rings. The molecule has 0 saturated heterocycles. The van der Waals surface area contributed by atoms with Crippen LogP contribution in [-0.2, 0) is 18.7 Å². The average Bonchev–Trinajstić information content (AvgIpc) is 2.65.